The fourth-order valence-electron chi connectivity index (χ4n) is 2.10. The van der Waals surface area contributed by atoms with Crippen molar-refractivity contribution in [3.05, 3.63) is 50.9 Å². The zero-order valence-corrected chi connectivity index (χ0v) is 14.5. The number of halogens is 4. The number of aromatic nitrogens is 1. The van der Waals surface area contributed by atoms with Gasteiger partial charge in [-0.3, -0.25) is 4.79 Å². The second-order valence-corrected chi connectivity index (χ2v) is 6.51. The highest BCUT2D eigenvalue weighted by Gasteiger charge is 2.35. The topological polar surface area (TPSA) is 45.2 Å². The second kappa shape index (κ2) is 7.50. The third-order valence-corrected chi connectivity index (χ3v) is 4.55. The van der Waals surface area contributed by atoms with Crippen molar-refractivity contribution < 1.29 is 18.0 Å². The summed E-state index contributed by atoms with van der Waals surface area (Å²) in [7, 11) is 3.65. The highest BCUT2D eigenvalue weighted by atomic mass is 35.5. The maximum atomic E-state index is 12.5. The van der Waals surface area contributed by atoms with E-state index in [0.717, 1.165) is 10.9 Å². The third-order valence-electron chi connectivity index (χ3n) is 3.32. The van der Waals surface area contributed by atoms with Crippen molar-refractivity contribution >= 4 is 28.8 Å². The Morgan fingerprint density at radius 1 is 1.38 bits per heavy atom. The first kappa shape index (κ1) is 18.7. The standard InChI is InChI=1S/C15H15ClF3N3OS/c1-22(2)12(9-5-3-4-6-10(9)16)7-20-13(23)11-8-24-14(21-11)15(17,18)19/h3-6,8,12H,7H2,1-2H3,(H,20,23)/t12-/m1/s1. The van der Waals surface area contributed by atoms with E-state index in [1.807, 2.05) is 31.1 Å². The van der Waals surface area contributed by atoms with E-state index in [1.54, 1.807) is 12.1 Å². The van der Waals surface area contributed by atoms with E-state index in [9.17, 15) is 18.0 Å². The van der Waals surface area contributed by atoms with Crippen molar-refractivity contribution in [2.75, 3.05) is 20.6 Å². The van der Waals surface area contributed by atoms with E-state index in [1.165, 1.54) is 0 Å². The van der Waals surface area contributed by atoms with Crippen LogP contribution < -0.4 is 5.32 Å². The van der Waals surface area contributed by atoms with Gasteiger partial charge in [0, 0.05) is 16.9 Å². The molecule has 24 heavy (non-hydrogen) atoms. The van der Waals surface area contributed by atoms with E-state index in [2.05, 4.69) is 10.3 Å². The summed E-state index contributed by atoms with van der Waals surface area (Å²) in [6.07, 6.45) is -4.55. The number of carbonyl (C=O) groups excluding carboxylic acids is 1. The van der Waals surface area contributed by atoms with E-state index in [0.29, 0.717) is 16.4 Å². The molecular formula is C15H15ClF3N3OS. The lowest BCUT2D eigenvalue weighted by atomic mass is 10.1. The fraction of sp³-hybridized carbons (Fsp3) is 0.333. The first-order valence-electron chi connectivity index (χ1n) is 6.92. The summed E-state index contributed by atoms with van der Waals surface area (Å²) in [4.78, 5) is 17.2. The molecule has 0 aliphatic rings. The maximum Gasteiger partial charge on any atom is 0.443 e. The lowest BCUT2D eigenvalue weighted by molar-refractivity contribution is -0.137. The van der Waals surface area contributed by atoms with Crippen LogP contribution in [0.2, 0.25) is 5.02 Å². The Balaban J connectivity index is 2.08. The zero-order chi connectivity index (χ0) is 17.9. The number of alkyl halides is 3. The van der Waals surface area contributed by atoms with Crippen molar-refractivity contribution in [2.45, 2.75) is 12.2 Å². The summed E-state index contributed by atoms with van der Waals surface area (Å²) in [5.74, 6) is -0.652. The Labute approximate surface area is 146 Å². The molecule has 1 aromatic heterocycles. The molecule has 0 bridgehead atoms. The Kier molecular flexibility index (Phi) is 5.84. The van der Waals surface area contributed by atoms with Gasteiger partial charge in [-0.2, -0.15) is 13.2 Å². The van der Waals surface area contributed by atoms with Gasteiger partial charge in [0.25, 0.3) is 5.91 Å². The molecular weight excluding hydrogens is 363 g/mol. The minimum Gasteiger partial charge on any atom is -0.349 e. The summed E-state index contributed by atoms with van der Waals surface area (Å²) >= 11 is 6.57. The molecule has 0 aliphatic carbocycles. The molecule has 1 aromatic carbocycles. The summed E-state index contributed by atoms with van der Waals surface area (Å²) in [6.45, 7) is 0.189. The zero-order valence-electron chi connectivity index (χ0n) is 12.9. The van der Waals surface area contributed by atoms with Crippen LogP contribution in [0, 0.1) is 0 Å². The summed E-state index contributed by atoms with van der Waals surface area (Å²) in [5, 5.41) is 3.22. The first-order chi connectivity index (χ1) is 11.2. The molecule has 9 heteroatoms. The molecule has 1 heterocycles. The van der Waals surface area contributed by atoms with Crippen molar-refractivity contribution in [1.29, 1.82) is 0 Å². The van der Waals surface area contributed by atoms with Gasteiger partial charge in [0.05, 0.1) is 6.04 Å². The first-order valence-corrected chi connectivity index (χ1v) is 8.17. The Bertz CT molecular complexity index is 718. The van der Waals surface area contributed by atoms with Gasteiger partial charge in [0.2, 0.25) is 0 Å². The normalized spacial score (nSPS) is 13.1. The number of thiazole rings is 1. The number of likely N-dealkylation sites (N-methyl/N-ethyl adjacent to an activating group) is 1. The van der Waals surface area contributed by atoms with Gasteiger partial charge in [0.15, 0.2) is 5.01 Å². The molecule has 0 saturated heterocycles. The second-order valence-electron chi connectivity index (χ2n) is 5.25. The van der Waals surface area contributed by atoms with Gasteiger partial charge in [-0.1, -0.05) is 29.8 Å². The number of hydrogen-bond donors (Lipinski definition) is 1. The quantitative estimate of drug-likeness (QED) is 0.860. The highest BCUT2D eigenvalue weighted by molar-refractivity contribution is 7.09. The molecule has 1 atom stereocenters. The van der Waals surface area contributed by atoms with Crippen LogP contribution in [-0.4, -0.2) is 36.4 Å². The number of nitrogens with one attached hydrogen (secondary N) is 1. The van der Waals surface area contributed by atoms with Crippen LogP contribution in [-0.2, 0) is 6.18 Å². The molecule has 2 rings (SSSR count). The van der Waals surface area contributed by atoms with Crippen LogP contribution >= 0.6 is 22.9 Å². The van der Waals surface area contributed by atoms with E-state index in [4.69, 9.17) is 11.6 Å². The molecule has 0 aliphatic heterocycles. The SMILES string of the molecule is CN(C)[C@H](CNC(=O)c1csc(C(F)(F)F)n1)c1ccccc1Cl. The van der Waals surface area contributed by atoms with Crippen molar-refractivity contribution in [2.24, 2.45) is 0 Å². The highest BCUT2D eigenvalue weighted by Crippen LogP contribution is 2.31. The van der Waals surface area contributed by atoms with Crippen LogP contribution in [0.3, 0.4) is 0 Å². The van der Waals surface area contributed by atoms with Crippen molar-refractivity contribution in [3.8, 4) is 0 Å². The minimum absolute atomic E-state index is 0.189. The molecule has 2 aromatic rings. The lowest BCUT2D eigenvalue weighted by Crippen LogP contribution is -2.34. The molecule has 4 nitrogen and oxygen atoms in total. The average molecular weight is 378 g/mol. The van der Waals surface area contributed by atoms with E-state index >= 15 is 0 Å². The maximum absolute atomic E-state index is 12.5. The predicted molar refractivity (Wildman–Crippen MR) is 87.3 cm³/mol. The molecule has 0 saturated carbocycles. The Morgan fingerprint density at radius 3 is 2.58 bits per heavy atom. The molecule has 1 N–H and O–H groups in total. The van der Waals surface area contributed by atoms with Crippen LogP contribution in [0.15, 0.2) is 29.6 Å². The number of rotatable bonds is 5. The number of carbonyl (C=O) groups is 1. The Hall–Kier alpha value is -1.64. The molecule has 0 spiro atoms. The summed E-state index contributed by atoms with van der Waals surface area (Å²) in [6, 6.07) is 6.98. The molecule has 130 valence electrons. The molecule has 0 unspecified atom stereocenters. The van der Waals surface area contributed by atoms with Crippen molar-refractivity contribution in [3.63, 3.8) is 0 Å². The number of amides is 1. The van der Waals surface area contributed by atoms with Gasteiger partial charge in [-0.05, 0) is 25.7 Å². The molecule has 0 radical (unpaired) electrons. The third kappa shape index (κ3) is 4.46. The number of nitrogens with zero attached hydrogens (tertiary/aromatic N) is 2. The van der Waals surface area contributed by atoms with Crippen LogP contribution in [0.1, 0.15) is 27.1 Å². The van der Waals surface area contributed by atoms with Gasteiger partial charge in [-0.25, -0.2) is 4.98 Å². The fourth-order valence-corrected chi connectivity index (χ4v) is 3.03. The summed E-state index contributed by atoms with van der Waals surface area (Å²) < 4.78 is 37.6. The van der Waals surface area contributed by atoms with Gasteiger partial charge >= 0.3 is 6.18 Å². The van der Waals surface area contributed by atoms with Gasteiger partial charge in [-0.15, -0.1) is 11.3 Å². The predicted octanol–water partition coefficient (Wildman–Crippen LogP) is 3.85. The van der Waals surface area contributed by atoms with Crippen LogP contribution in [0.4, 0.5) is 13.2 Å². The van der Waals surface area contributed by atoms with Crippen molar-refractivity contribution in [1.82, 2.24) is 15.2 Å². The largest absolute Gasteiger partial charge is 0.443 e. The minimum atomic E-state index is -4.55. The molecule has 1 amide bonds. The number of hydrogen-bond acceptors (Lipinski definition) is 4. The van der Waals surface area contributed by atoms with Crippen LogP contribution in [0.25, 0.3) is 0 Å². The Morgan fingerprint density at radius 2 is 2.04 bits per heavy atom. The smallest absolute Gasteiger partial charge is 0.349 e. The van der Waals surface area contributed by atoms with E-state index < -0.39 is 17.1 Å². The summed E-state index contributed by atoms with van der Waals surface area (Å²) in [5.41, 5.74) is 0.572. The monoisotopic (exact) mass is 377 g/mol. The number of benzene rings is 1. The average Bonchev–Trinajstić information content (AvgIpc) is 2.98. The molecule has 0 fully saturated rings. The lowest BCUT2D eigenvalue weighted by Gasteiger charge is -2.25. The van der Waals surface area contributed by atoms with Gasteiger partial charge in [0.1, 0.15) is 5.69 Å². The van der Waals surface area contributed by atoms with E-state index in [-0.39, 0.29) is 18.3 Å². The van der Waals surface area contributed by atoms with Gasteiger partial charge < -0.3 is 10.2 Å². The van der Waals surface area contributed by atoms with Crippen LogP contribution in [0.5, 0.6) is 0 Å².